The maximum atomic E-state index is 13.0. The Morgan fingerprint density at radius 2 is 1.92 bits per heavy atom. The normalized spacial score (nSPS) is 17.6. The molecule has 3 aromatic rings. The van der Waals surface area contributed by atoms with Crippen LogP contribution in [-0.2, 0) is 11.2 Å². The molecule has 2 heterocycles. The molecule has 1 aromatic heterocycles. The van der Waals surface area contributed by atoms with E-state index in [0.717, 1.165) is 29.4 Å². The molecular weight excluding hydrogens is 333 g/mol. The number of nitrogens with one attached hydrogen (secondary N) is 1. The first kappa shape index (κ1) is 16.6. The van der Waals surface area contributed by atoms with E-state index in [1.165, 1.54) is 12.1 Å². The van der Waals surface area contributed by atoms with E-state index in [-0.39, 0.29) is 29.9 Å². The molecule has 0 spiro atoms. The van der Waals surface area contributed by atoms with Gasteiger partial charge in [0.25, 0.3) is 0 Å². The minimum Gasteiger partial charge on any atom is -0.340 e. The number of fused-ring (bicyclic) bond motifs is 1. The highest BCUT2D eigenvalue weighted by Gasteiger charge is 2.26. The summed E-state index contributed by atoms with van der Waals surface area (Å²) >= 11 is 0. The van der Waals surface area contributed by atoms with Crippen LogP contribution < -0.4 is 5.69 Å². The smallest absolute Gasteiger partial charge is 0.326 e. The molecule has 1 saturated heterocycles. The summed E-state index contributed by atoms with van der Waals surface area (Å²) in [5, 5.41) is 0. The highest BCUT2D eigenvalue weighted by atomic mass is 19.1. The number of hydrogen-bond donors (Lipinski definition) is 1. The number of piperidine rings is 1. The molecule has 1 fully saturated rings. The van der Waals surface area contributed by atoms with Crippen molar-refractivity contribution in [3.05, 3.63) is 70.4 Å². The Bertz CT molecular complexity index is 990. The van der Waals surface area contributed by atoms with Gasteiger partial charge in [-0.1, -0.05) is 24.3 Å². The molecule has 1 aliphatic rings. The zero-order valence-electron chi connectivity index (χ0n) is 14.3. The molecule has 134 valence electrons. The predicted molar refractivity (Wildman–Crippen MR) is 97.5 cm³/mol. The lowest BCUT2D eigenvalue weighted by Crippen LogP contribution is -2.43. The Morgan fingerprint density at radius 3 is 2.73 bits per heavy atom. The first-order valence-electron chi connectivity index (χ1n) is 8.83. The molecule has 6 heteroatoms. The van der Waals surface area contributed by atoms with Gasteiger partial charge in [-0.15, -0.1) is 0 Å². The maximum Gasteiger partial charge on any atom is 0.326 e. The van der Waals surface area contributed by atoms with E-state index >= 15 is 0 Å². The van der Waals surface area contributed by atoms with Gasteiger partial charge in [0.1, 0.15) is 5.82 Å². The van der Waals surface area contributed by atoms with Crippen LogP contribution in [0.2, 0.25) is 0 Å². The number of H-pyrrole nitrogens is 1. The lowest BCUT2D eigenvalue weighted by molar-refractivity contribution is -0.132. The number of hydrogen-bond acceptors (Lipinski definition) is 2. The number of halogens is 1. The largest absolute Gasteiger partial charge is 0.340 e. The van der Waals surface area contributed by atoms with Crippen LogP contribution in [-0.4, -0.2) is 33.4 Å². The van der Waals surface area contributed by atoms with E-state index in [4.69, 9.17) is 0 Å². The SMILES string of the molecule is O=C(Cc1ccc(F)cc1)N1CCCC(n2c(=O)[nH]c3ccccc32)C1. The van der Waals surface area contributed by atoms with Crippen molar-refractivity contribution in [1.29, 1.82) is 0 Å². The maximum absolute atomic E-state index is 13.0. The van der Waals surface area contributed by atoms with Gasteiger partial charge in [-0.05, 0) is 42.7 Å². The van der Waals surface area contributed by atoms with Crippen molar-refractivity contribution < 1.29 is 9.18 Å². The fraction of sp³-hybridized carbons (Fsp3) is 0.300. The number of imidazole rings is 1. The molecule has 2 aromatic carbocycles. The number of carbonyl (C=O) groups excluding carboxylic acids is 1. The van der Waals surface area contributed by atoms with Gasteiger partial charge in [0.15, 0.2) is 0 Å². The standard InChI is InChI=1S/C20H20FN3O2/c21-15-9-7-14(8-10-15)12-19(25)23-11-3-4-16(13-23)24-18-6-2-1-5-17(18)22-20(24)26/h1-2,5-10,16H,3-4,11-13H2,(H,22,26). The number of aromatic nitrogens is 2. The topological polar surface area (TPSA) is 58.1 Å². The molecule has 0 aliphatic carbocycles. The average Bonchev–Trinajstić information content (AvgIpc) is 2.99. The van der Waals surface area contributed by atoms with Crippen molar-refractivity contribution in [1.82, 2.24) is 14.5 Å². The van der Waals surface area contributed by atoms with E-state index in [0.29, 0.717) is 13.1 Å². The molecule has 0 radical (unpaired) electrons. The summed E-state index contributed by atoms with van der Waals surface area (Å²) in [5.74, 6) is -0.299. The van der Waals surface area contributed by atoms with Crippen LogP contribution in [0.5, 0.6) is 0 Å². The molecule has 1 aliphatic heterocycles. The van der Waals surface area contributed by atoms with Gasteiger partial charge >= 0.3 is 5.69 Å². The van der Waals surface area contributed by atoms with Crippen molar-refractivity contribution in [2.75, 3.05) is 13.1 Å². The fourth-order valence-electron chi connectivity index (χ4n) is 3.72. The lowest BCUT2D eigenvalue weighted by atomic mass is 10.0. The zero-order valence-corrected chi connectivity index (χ0v) is 14.3. The van der Waals surface area contributed by atoms with E-state index in [9.17, 15) is 14.0 Å². The molecule has 26 heavy (non-hydrogen) atoms. The minimum atomic E-state index is -0.307. The van der Waals surface area contributed by atoms with Crippen LogP contribution in [0.25, 0.3) is 11.0 Å². The summed E-state index contributed by atoms with van der Waals surface area (Å²) in [5.41, 5.74) is 2.34. The monoisotopic (exact) mass is 353 g/mol. The Labute approximate surface area is 150 Å². The van der Waals surface area contributed by atoms with Crippen molar-refractivity contribution in [3.8, 4) is 0 Å². The number of nitrogens with zero attached hydrogens (tertiary/aromatic N) is 2. The number of benzene rings is 2. The van der Waals surface area contributed by atoms with Crippen LogP contribution >= 0.6 is 0 Å². The number of carbonyl (C=O) groups is 1. The number of likely N-dealkylation sites (tertiary alicyclic amines) is 1. The Balaban J connectivity index is 1.53. The summed E-state index contributed by atoms with van der Waals surface area (Å²) in [6.07, 6.45) is 1.96. The third-order valence-corrected chi connectivity index (χ3v) is 5.01. The Kier molecular flexibility index (Phi) is 4.32. The molecule has 1 N–H and O–H groups in total. The van der Waals surface area contributed by atoms with Crippen LogP contribution in [0.1, 0.15) is 24.4 Å². The average molecular weight is 353 g/mol. The van der Waals surface area contributed by atoms with Crippen LogP contribution in [0, 0.1) is 5.82 Å². The van der Waals surface area contributed by atoms with Gasteiger partial charge < -0.3 is 9.88 Å². The Morgan fingerprint density at radius 1 is 1.15 bits per heavy atom. The second-order valence-corrected chi connectivity index (χ2v) is 6.76. The van der Waals surface area contributed by atoms with Gasteiger partial charge in [-0.3, -0.25) is 9.36 Å². The molecule has 5 nitrogen and oxygen atoms in total. The molecule has 1 atom stereocenters. The van der Waals surface area contributed by atoms with Crippen molar-refractivity contribution in [2.24, 2.45) is 0 Å². The lowest BCUT2D eigenvalue weighted by Gasteiger charge is -2.33. The van der Waals surface area contributed by atoms with Crippen LogP contribution in [0.3, 0.4) is 0 Å². The third kappa shape index (κ3) is 3.14. The highest BCUT2D eigenvalue weighted by molar-refractivity contribution is 5.79. The number of para-hydroxylation sites is 2. The van der Waals surface area contributed by atoms with Crippen LogP contribution in [0.4, 0.5) is 4.39 Å². The van der Waals surface area contributed by atoms with Gasteiger partial charge in [0.2, 0.25) is 5.91 Å². The van der Waals surface area contributed by atoms with Crippen molar-refractivity contribution >= 4 is 16.9 Å². The fourth-order valence-corrected chi connectivity index (χ4v) is 3.72. The predicted octanol–water partition coefficient (Wildman–Crippen LogP) is 2.87. The highest BCUT2D eigenvalue weighted by Crippen LogP contribution is 2.24. The molecule has 1 unspecified atom stereocenters. The molecule has 1 amide bonds. The summed E-state index contributed by atoms with van der Waals surface area (Å²) in [6, 6.07) is 13.6. The van der Waals surface area contributed by atoms with Gasteiger partial charge in [-0.25, -0.2) is 9.18 Å². The quantitative estimate of drug-likeness (QED) is 0.787. The van der Waals surface area contributed by atoms with E-state index in [1.54, 1.807) is 16.7 Å². The van der Waals surface area contributed by atoms with Gasteiger partial charge in [-0.2, -0.15) is 0 Å². The summed E-state index contributed by atoms with van der Waals surface area (Å²) in [7, 11) is 0. The summed E-state index contributed by atoms with van der Waals surface area (Å²) in [6.45, 7) is 1.20. The minimum absolute atomic E-state index is 0.00852. The second kappa shape index (κ2) is 6.78. The van der Waals surface area contributed by atoms with Crippen molar-refractivity contribution in [3.63, 3.8) is 0 Å². The number of rotatable bonds is 3. The summed E-state index contributed by atoms with van der Waals surface area (Å²) < 4.78 is 14.8. The number of aromatic amines is 1. The summed E-state index contributed by atoms with van der Waals surface area (Å²) in [4.78, 5) is 29.8. The number of amides is 1. The molecule has 4 rings (SSSR count). The molecule has 0 saturated carbocycles. The first-order chi connectivity index (χ1) is 12.6. The second-order valence-electron chi connectivity index (χ2n) is 6.76. The van der Waals surface area contributed by atoms with Gasteiger partial charge in [0, 0.05) is 13.1 Å². The van der Waals surface area contributed by atoms with Crippen LogP contribution in [0.15, 0.2) is 53.3 Å². The first-order valence-corrected chi connectivity index (χ1v) is 8.83. The van der Waals surface area contributed by atoms with E-state index < -0.39 is 0 Å². The van der Waals surface area contributed by atoms with E-state index in [2.05, 4.69) is 4.98 Å². The third-order valence-electron chi connectivity index (χ3n) is 5.01. The van der Waals surface area contributed by atoms with E-state index in [1.807, 2.05) is 29.2 Å². The van der Waals surface area contributed by atoms with Crippen molar-refractivity contribution in [2.45, 2.75) is 25.3 Å². The van der Waals surface area contributed by atoms with Gasteiger partial charge in [0.05, 0.1) is 23.5 Å². The Hall–Kier alpha value is -2.89. The molecule has 0 bridgehead atoms. The molecular formula is C20H20FN3O2. The zero-order chi connectivity index (χ0) is 18.1.